The highest BCUT2D eigenvalue weighted by molar-refractivity contribution is 7.01. The van der Waals surface area contributed by atoms with Gasteiger partial charge in [-0.2, -0.15) is 0 Å². The number of fused-ring (bicyclic) bond motifs is 17. The van der Waals surface area contributed by atoms with E-state index < -0.39 is 0 Å². The van der Waals surface area contributed by atoms with Crippen LogP contribution in [0.1, 0.15) is 74.9 Å². The number of furan rings is 1. The van der Waals surface area contributed by atoms with Crippen molar-refractivity contribution in [2.24, 2.45) is 0 Å². The molecule has 9 aromatic carbocycles. The van der Waals surface area contributed by atoms with E-state index in [4.69, 9.17) is 4.42 Å². The smallest absolute Gasteiger partial charge is 0.248 e. The van der Waals surface area contributed by atoms with E-state index in [1.807, 2.05) is 0 Å². The van der Waals surface area contributed by atoms with Crippen molar-refractivity contribution in [3.8, 4) is 55.6 Å². The molecule has 0 fully saturated rings. The van der Waals surface area contributed by atoms with Gasteiger partial charge in [0.2, 0.25) is 6.71 Å². The van der Waals surface area contributed by atoms with Crippen LogP contribution < -0.4 is 21.3 Å². The third kappa shape index (κ3) is 4.40. The van der Waals surface area contributed by atoms with Crippen LogP contribution in [0.15, 0.2) is 174 Å². The first-order chi connectivity index (χ1) is 32.0. The molecule has 0 N–H and O–H groups in total. The van der Waals surface area contributed by atoms with Gasteiger partial charge in [0.05, 0.1) is 0 Å². The van der Waals surface area contributed by atoms with E-state index in [9.17, 15) is 0 Å². The summed E-state index contributed by atoms with van der Waals surface area (Å²) in [6.45, 7) is 14.5. The van der Waals surface area contributed by atoms with Crippen molar-refractivity contribution in [2.75, 3.05) is 4.90 Å². The first-order valence-electron chi connectivity index (χ1n) is 23.7. The fourth-order valence-electron chi connectivity index (χ4n) is 13.7. The minimum atomic E-state index is -0.142. The number of benzene rings is 9. The van der Waals surface area contributed by atoms with E-state index in [0.29, 0.717) is 0 Å². The zero-order chi connectivity index (χ0) is 44.2. The average Bonchev–Trinajstić information content (AvgIpc) is 4.06. The highest BCUT2D eigenvalue weighted by atomic mass is 16.3. The number of para-hydroxylation sites is 1. The molecule has 0 radical (unpaired) electrons. The number of hydrogen-bond acceptors (Lipinski definition) is 2. The highest BCUT2D eigenvalue weighted by Crippen LogP contribution is 2.56. The Morgan fingerprint density at radius 1 is 0.379 bits per heavy atom. The van der Waals surface area contributed by atoms with Gasteiger partial charge in [-0.1, -0.05) is 168 Å². The normalized spacial score (nSPS) is 16.3. The van der Waals surface area contributed by atoms with Gasteiger partial charge in [0.15, 0.2) is 0 Å². The molecule has 3 aliphatic carbocycles. The molecular formula is C63H46BNO. The second kappa shape index (κ2) is 12.1. The molecule has 3 heterocycles. The fourth-order valence-corrected chi connectivity index (χ4v) is 13.7. The van der Waals surface area contributed by atoms with Gasteiger partial charge in [0.25, 0.3) is 0 Å². The van der Waals surface area contributed by atoms with Gasteiger partial charge < -0.3 is 9.32 Å². The molecule has 10 aromatic rings. The molecule has 0 atom stereocenters. The summed E-state index contributed by atoms with van der Waals surface area (Å²) < 4.78 is 6.55. The van der Waals surface area contributed by atoms with Crippen LogP contribution in [0.4, 0.5) is 17.1 Å². The zero-order valence-electron chi connectivity index (χ0n) is 38.1. The largest absolute Gasteiger partial charge is 0.456 e. The Morgan fingerprint density at radius 3 is 1.62 bits per heavy atom. The summed E-state index contributed by atoms with van der Waals surface area (Å²) in [6, 6.07) is 65.0. The lowest BCUT2D eigenvalue weighted by Gasteiger charge is -2.38. The van der Waals surface area contributed by atoms with Gasteiger partial charge >= 0.3 is 0 Å². The minimum absolute atomic E-state index is 0.0551. The Labute approximate surface area is 386 Å². The van der Waals surface area contributed by atoms with Crippen molar-refractivity contribution >= 4 is 62.1 Å². The maximum Gasteiger partial charge on any atom is 0.248 e. The maximum absolute atomic E-state index is 6.55. The Hall–Kier alpha value is -7.36. The summed E-state index contributed by atoms with van der Waals surface area (Å²) in [5.41, 5.74) is 30.9. The molecule has 0 bridgehead atoms. The molecule has 3 heteroatoms. The van der Waals surface area contributed by atoms with Crippen LogP contribution >= 0.6 is 0 Å². The first kappa shape index (κ1) is 36.9. The molecule has 2 nitrogen and oxygen atoms in total. The molecule has 0 spiro atoms. The van der Waals surface area contributed by atoms with Crippen LogP contribution in [0.2, 0.25) is 0 Å². The molecule has 5 aliphatic rings. The Bertz CT molecular complexity index is 3880. The van der Waals surface area contributed by atoms with Crippen molar-refractivity contribution in [2.45, 2.75) is 57.8 Å². The van der Waals surface area contributed by atoms with E-state index in [0.717, 1.165) is 21.9 Å². The molecule has 0 unspecified atom stereocenters. The van der Waals surface area contributed by atoms with E-state index in [1.165, 1.54) is 122 Å². The second-order valence-electron chi connectivity index (χ2n) is 21.2. The van der Waals surface area contributed by atoms with Crippen molar-refractivity contribution in [1.29, 1.82) is 0 Å². The van der Waals surface area contributed by atoms with Crippen molar-refractivity contribution in [3.63, 3.8) is 0 Å². The number of anilines is 3. The summed E-state index contributed by atoms with van der Waals surface area (Å²) in [6.07, 6.45) is 0. The van der Waals surface area contributed by atoms with Crippen LogP contribution in [0.3, 0.4) is 0 Å². The van der Waals surface area contributed by atoms with Crippen molar-refractivity contribution < 1.29 is 4.42 Å². The fraction of sp³-hybridized carbons (Fsp3) is 0.143. The topological polar surface area (TPSA) is 16.4 Å². The van der Waals surface area contributed by atoms with Gasteiger partial charge in [0, 0.05) is 44.1 Å². The van der Waals surface area contributed by atoms with Crippen LogP contribution in [-0.4, -0.2) is 6.71 Å². The third-order valence-corrected chi connectivity index (χ3v) is 16.9. The van der Waals surface area contributed by atoms with Gasteiger partial charge in [-0.05, 0) is 148 Å². The monoisotopic (exact) mass is 843 g/mol. The summed E-state index contributed by atoms with van der Waals surface area (Å²) in [5.74, 6) is 0. The predicted molar refractivity (Wildman–Crippen MR) is 277 cm³/mol. The standard InChI is InChI=1S/C63H46BNO/c1-61(2)47-21-11-7-16-38(47)42-30-36(26-27-50(42)61)65-55-32-44-40-18-9-13-23-49(40)63(5,6)52(44)34-54(55)64-53-33-51-43(39-17-8-12-22-48(39)62(51,3)4)31-45(53)46-28-35(29-56(65)60(46)64)37-20-15-25-58-59(37)41-19-10-14-24-57(41)66-58/h7-34H,1-6H3. The number of rotatable bonds is 2. The zero-order valence-corrected chi connectivity index (χ0v) is 38.1. The van der Waals surface area contributed by atoms with E-state index >= 15 is 0 Å². The van der Waals surface area contributed by atoms with Gasteiger partial charge in [-0.15, -0.1) is 0 Å². The molecule has 0 saturated carbocycles. The molecule has 312 valence electrons. The summed E-state index contributed by atoms with van der Waals surface area (Å²) in [4.78, 5) is 2.64. The predicted octanol–water partition coefficient (Wildman–Crippen LogP) is 14.5. The van der Waals surface area contributed by atoms with E-state index in [1.54, 1.807) is 0 Å². The van der Waals surface area contributed by atoms with Gasteiger partial charge in [0.1, 0.15) is 11.2 Å². The molecule has 1 aromatic heterocycles. The van der Waals surface area contributed by atoms with Gasteiger partial charge in [-0.25, -0.2) is 0 Å². The van der Waals surface area contributed by atoms with Crippen LogP contribution in [-0.2, 0) is 16.2 Å². The third-order valence-electron chi connectivity index (χ3n) is 16.9. The Morgan fingerprint density at radius 2 is 0.924 bits per heavy atom. The molecule has 2 aliphatic heterocycles. The quantitative estimate of drug-likeness (QED) is 0.161. The molecular weight excluding hydrogens is 798 g/mol. The molecule has 15 rings (SSSR count). The summed E-state index contributed by atoms with van der Waals surface area (Å²) in [5, 5.41) is 2.31. The number of hydrogen-bond donors (Lipinski definition) is 0. The lowest BCUT2D eigenvalue weighted by atomic mass is 9.36. The lowest BCUT2D eigenvalue weighted by molar-refractivity contribution is 0.660. The summed E-state index contributed by atoms with van der Waals surface area (Å²) >= 11 is 0. The average molecular weight is 844 g/mol. The van der Waals surface area contributed by atoms with Crippen LogP contribution in [0.5, 0.6) is 0 Å². The van der Waals surface area contributed by atoms with E-state index in [2.05, 4.69) is 216 Å². The maximum atomic E-state index is 6.55. The minimum Gasteiger partial charge on any atom is -0.456 e. The Balaban J connectivity index is 1.08. The van der Waals surface area contributed by atoms with Crippen molar-refractivity contribution in [3.05, 3.63) is 203 Å². The van der Waals surface area contributed by atoms with Crippen LogP contribution in [0.25, 0.3) is 77.6 Å². The highest BCUT2D eigenvalue weighted by Gasteiger charge is 2.48. The molecule has 0 saturated heterocycles. The van der Waals surface area contributed by atoms with Crippen LogP contribution in [0, 0.1) is 0 Å². The van der Waals surface area contributed by atoms with E-state index in [-0.39, 0.29) is 23.0 Å². The second-order valence-corrected chi connectivity index (χ2v) is 21.2. The Kier molecular flexibility index (Phi) is 6.77. The summed E-state index contributed by atoms with van der Waals surface area (Å²) in [7, 11) is 0. The first-order valence-corrected chi connectivity index (χ1v) is 23.7. The SMILES string of the molecule is CC1(C)c2ccccc2-c2cc(N3c4cc5c(cc4B4c6cc7c(cc6-c6cc(-c8cccc9oc%10ccccc%10c89)cc3c64)-c3ccccc3C7(C)C)C(C)(C)c3ccccc3-5)ccc21. The molecule has 66 heavy (non-hydrogen) atoms. The molecule has 0 amide bonds. The lowest BCUT2D eigenvalue weighted by Crippen LogP contribution is -2.55. The van der Waals surface area contributed by atoms with Gasteiger partial charge in [-0.3, -0.25) is 0 Å². The van der Waals surface area contributed by atoms with Crippen molar-refractivity contribution in [1.82, 2.24) is 0 Å². The number of nitrogens with zero attached hydrogens (tertiary/aromatic N) is 1.